The maximum Gasteiger partial charge on any atom is 0.168 e. The summed E-state index contributed by atoms with van der Waals surface area (Å²) < 4.78 is 12.2. The molecule has 0 bridgehead atoms. The quantitative estimate of drug-likeness (QED) is 0.0842. The Hall–Kier alpha value is -0.0800. The van der Waals surface area contributed by atoms with Gasteiger partial charge in [0.1, 0.15) is 0 Å². The predicted octanol–water partition coefficient (Wildman–Crippen LogP) is 10.9. The monoisotopic (exact) mass is 466 g/mol. The first-order valence-corrected chi connectivity index (χ1v) is 15.6. The van der Waals surface area contributed by atoms with Gasteiger partial charge in [-0.2, -0.15) is 0 Å². The van der Waals surface area contributed by atoms with Crippen LogP contribution in [0.3, 0.4) is 0 Å². The van der Waals surface area contributed by atoms with Crippen molar-refractivity contribution in [2.75, 3.05) is 13.2 Å². The second-order valence-electron chi connectivity index (χ2n) is 10.9. The first-order valence-electron chi connectivity index (χ1n) is 15.6. The fraction of sp³-hybridized carbons (Fsp3) is 1.00. The third kappa shape index (κ3) is 21.0. The second kappa shape index (κ2) is 23.7. The minimum absolute atomic E-state index is 0.171. The molecule has 2 heteroatoms. The van der Waals surface area contributed by atoms with Crippen molar-refractivity contribution in [2.24, 2.45) is 0 Å². The van der Waals surface area contributed by atoms with Gasteiger partial charge in [-0.25, -0.2) is 0 Å². The lowest BCUT2D eigenvalue weighted by atomic mass is 10.1. The van der Waals surface area contributed by atoms with Gasteiger partial charge in [-0.1, -0.05) is 155 Å². The van der Waals surface area contributed by atoms with E-state index in [1.54, 1.807) is 0 Å². The molecule has 0 saturated heterocycles. The van der Waals surface area contributed by atoms with Crippen LogP contribution in [-0.4, -0.2) is 19.0 Å². The first kappa shape index (κ1) is 31.0. The summed E-state index contributed by atoms with van der Waals surface area (Å²) in [7, 11) is 0. The molecule has 0 N–H and O–H groups in total. The number of hydrogen-bond donors (Lipinski definition) is 0. The van der Waals surface area contributed by atoms with Gasteiger partial charge in [0.15, 0.2) is 5.79 Å². The van der Waals surface area contributed by atoms with Gasteiger partial charge in [0.25, 0.3) is 0 Å². The molecule has 0 aromatic heterocycles. The summed E-state index contributed by atoms with van der Waals surface area (Å²) in [5.74, 6) is -0.171. The van der Waals surface area contributed by atoms with Crippen molar-refractivity contribution in [3.63, 3.8) is 0 Å². The van der Waals surface area contributed by atoms with Crippen molar-refractivity contribution in [2.45, 2.75) is 187 Å². The van der Waals surface area contributed by atoms with Gasteiger partial charge >= 0.3 is 0 Å². The molecule has 1 aliphatic rings. The predicted molar refractivity (Wildman–Crippen MR) is 146 cm³/mol. The molecule has 0 heterocycles. The first-order chi connectivity index (χ1) is 16.3. The van der Waals surface area contributed by atoms with Crippen LogP contribution >= 0.6 is 0 Å². The van der Waals surface area contributed by atoms with Gasteiger partial charge in [-0.15, -0.1) is 0 Å². The topological polar surface area (TPSA) is 18.5 Å². The molecule has 0 radical (unpaired) electrons. The van der Waals surface area contributed by atoms with E-state index in [1.165, 1.54) is 154 Å². The van der Waals surface area contributed by atoms with E-state index in [0.717, 1.165) is 26.1 Å². The van der Waals surface area contributed by atoms with Gasteiger partial charge in [0, 0.05) is 12.8 Å². The van der Waals surface area contributed by atoms with Gasteiger partial charge in [-0.3, -0.25) is 0 Å². The van der Waals surface area contributed by atoms with Gasteiger partial charge in [0.2, 0.25) is 0 Å². The molecule has 33 heavy (non-hydrogen) atoms. The summed E-state index contributed by atoms with van der Waals surface area (Å²) in [6, 6.07) is 0. The molecular formula is C31H62O2. The molecule has 2 nitrogen and oxygen atoms in total. The summed E-state index contributed by atoms with van der Waals surface area (Å²) in [4.78, 5) is 0. The van der Waals surface area contributed by atoms with Gasteiger partial charge in [0.05, 0.1) is 13.2 Å². The zero-order valence-corrected chi connectivity index (χ0v) is 23.1. The summed E-state index contributed by atoms with van der Waals surface area (Å²) >= 11 is 0. The fourth-order valence-corrected chi connectivity index (χ4v) is 4.83. The minimum Gasteiger partial charge on any atom is -0.350 e. The molecule has 198 valence electrons. The molecule has 0 unspecified atom stereocenters. The number of hydrogen-bond acceptors (Lipinski definition) is 2. The SMILES string of the molecule is CCCCCCCCCCCCCCOC1(OCCCCCCCCCCCCCC)CC1. The molecule has 0 aromatic carbocycles. The molecule has 1 fully saturated rings. The van der Waals surface area contributed by atoms with E-state index in [1.807, 2.05) is 0 Å². The van der Waals surface area contributed by atoms with Crippen molar-refractivity contribution >= 4 is 0 Å². The standard InChI is InChI=1S/C31H62O2/c1-3-5-7-9-11-13-15-17-19-21-23-25-29-32-31(27-28-31)33-30-26-24-22-20-18-16-14-12-10-8-6-4-2/h3-30H2,1-2H3. The number of rotatable bonds is 28. The molecule has 0 spiro atoms. The van der Waals surface area contributed by atoms with Crippen LogP contribution in [0, 0.1) is 0 Å². The summed E-state index contributed by atoms with van der Waals surface area (Å²) in [5.41, 5.74) is 0. The lowest BCUT2D eigenvalue weighted by Crippen LogP contribution is -2.20. The van der Waals surface area contributed by atoms with Gasteiger partial charge < -0.3 is 9.47 Å². The van der Waals surface area contributed by atoms with Crippen LogP contribution in [0.4, 0.5) is 0 Å². The van der Waals surface area contributed by atoms with E-state index >= 15 is 0 Å². The van der Waals surface area contributed by atoms with Crippen molar-refractivity contribution in [1.29, 1.82) is 0 Å². The smallest absolute Gasteiger partial charge is 0.168 e. The van der Waals surface area contributed by atoms with Crippen LogP contribution in [-0.2, 0) is 9.47 Å². The third-order valence-corrected chi connectivity index (χ3v) is 7.38. The Kier molecular flexibility index (Phi) is 22.2. The van der Waals surface area contributed by atoms with E-state index in [0.29, 0.717) is 0 Å². The zero-order valence-electron chi connectivity index (χ0n) is 23.1. The molecule has 1 aliphatic carbocycles. The number of ether oxygens (including phenoxy) is 2. The van der Waals surface area contributed by atoms with Crippen LogP contribution in [0.2, 0.25) is 0 Å². The highest BCUT2D eigenvalue weighted by Crippen LogP contribution is 2.41. The highest BCUT2D eigenvalue weighted by Gasteiger charge is 2.45. The van der Waals surface area contributed by atoms with E-state index in [-0.39, 0.29) is 5.79 Å². The Balaban J connectivity index is 1.75. The molecular weight excluding hydrogens is 404 g/mol. The summed E-state index contributed by atoms with van der Waals surface area (Å²) in [6.07, 6.45) is 35.8. The maximum atomic E-state index is 6.12. The maximum absolute atomic E-state index is 6.12. The van der Waals surface area contributed by atoms with E-state index in [4.69, 9.17) is 9.47 Å². The van der Waals surface area contributed by atoms with Crippen molar-refractivity contribution < 1.29 is 9.47 Å². The summed E-state index contributed by atoms with van der Waals surface area (Å²) in [5, 5.41) is 0. The Labute approximate surface area is 209 Å². The van der Waals surface area contributed by atoms with Gasteiger partial charge in [-0.05, 0) is 12.8 Å². The Morgan fingerprint density at radius 1 is 0.364 bits per heavy atom. The molecule has 0 aliphatic heterocycles. The minimum atomic E-state index is -0.171. The Morgan fingerprint density at radius 3 is 0.848 bits per heavy atom. The van der Waals surface area contributed by atoms with Crippen LogP contribution < -0.4 is 0 Å². The Bertz CT molecular complexity index is 345. The molecule has 0 aromatic rings. The van der Waals surface area contributed by atoms with E-state index in [2.05, 4.69) is 13.8 Å². The third-order valence-electron chi connectivity index (χ3n) is 7.38. The average molecular weight is 467 g/mol. The lowest BCUT2D eigenvalue weighted by Gasteiger charge is -2.17. The van der Waals surface area contributed by atoms with Crippen LogP contribution in [0.25, 0.3) is 0 Å². The normalized spacial score (nSPS) is 14.7. The van der Waals surface area contributed by atoms with Crippen LogP contribution in [0.1, 0.15) is 181 Å². The van der Waals surface area contributed by atoms with Crippen molar-refractivity contribution in [1.82, 2.24) is 0 Å². The van der Waals surface area contributed by atoms with Crippen molar-refractivity contribution in [3.8, 4) is 0 Å². The lowest BCUT2D eigenvalue weighted by molar-refractivity contribution is -0.168. The highest BCUT2D eigenvalue weighted by molar-refractivity contribution is 4.86. The van der Waals surface area contributed by atoms with E-state index in [9.17, 15) is 0 Å². The largest absolute Gasteiger partial charge is 0.350 e. The molecule has 0 atom stereocenters. The van der Waals surface area contributed by atoms with Crippen molar-refractivity contribution in [3.05, 3.63) is 0 Å². The van der Waals surface area contributed by atoms with Crippen LogP contribution in [0.15, 0.2) is 0 Å². The molecule has 0 amide bonds. The highest BCUT2D eigenvalue weighted by atomic mass is 16.7. The number of unbranched alkanes of at least 4 members (excludes halogenated alkanes) is 22. The Morgan fingerprint density at radius 2 is 0.606 bits per heavy atom. The fourth-order valence-electron chi connectivity index (χ4n) is 4.83. The molecule has 1 saturated carbocycles. The van der Waals surface area contributed by atoms with Crippen LogP contribution in [0.5, 0.6) is 0 Å². The zero-order chi connectivity index (χ0) is 23.7. The van der Waals surface area contributed by atoms with E-state index < -0.39 is 0 Å². The second-order valence-corrected chi connectivity index (χ2v) is 10.9. The average Bonchev–Trinajstić information content (AvgIpc) is 3.60. The molecule has 1 rings (SSSR count). The summed E-state index contributed by atoms with van der Waals surface area (Å²) in [6.45, 7) is 6.39.